The summed E-state index contributed by atoms with van der Waals surface area (Å²) in [5.41, 5.74) is 2.50. The van der Waals surface area contributed by atoms with E-state index in [-0.39, 0.29) is 0 Å². The fraction of sp³-hybridized carbons (Fsp3) is 0.647. The van der Waals surface area contributed by atoms with Gasteiger partial charge in [0.2, 0.25) is 0 Å². The fourth-order valence-corrected chi connectivity index (χ4v) is 3.24. The van der Waals surface area contributed by atoms with E-state index in [0.29, 0.717) is 6.04 Å². The zero-order chi connectivity index (χ0) is 14.4. The fourth-order valence-electron chi connectivity index (χ4n) is 2.94. The van der Waals surface area contributed by atoms with Crippen molar-refractivity contribution in [3.63, 3.8) is 0 Å². The molecule has 20 heavy (non-hydrogen) atoms. The molecule has 0 spiro atoms. The maximum Gasteiger partial charge on any atom is 0.0453 e. The summed E-state index contributed by atoms with van der Waals surface area (Å²) in [7, 11) is 0. The van der Waals surface area contributed by atoms with Gasteiger partial charge in [-0.2, -0.15) is 0 Å². The zero-order valence-electron chi connectivity index (χ0n) is 12.8. The minimum absolute atomic E-state index is 0.660. The van der Waals surface area contributed by atoms with Gasteiger partial charge in [0.15, 0.2) is 0 Å². The molecule has 112 valence electrons. The van der Waals surface area contributed by atoms with Gasteiger partial charge in [0.25, 0.3) is 0 Å². The zero-order valence-corrected chi connectivity index (χ0v) is 13.5. The van der Waals surface area contributed by atoms with E-state index in [2.05, 4.69) is 42.3 Å². The highest BCUT2D eigenvalue weighted by Gasteiger charge is 2.22. The number of aryl methyl sites for hydroxylation is 1. The molecule has 1 heterocycles. The maximum atomic E-state index is 6.38. The Kier molecular flexibility index (Phi) is 6.34. The molecule has 2 rings (SSSR count). The predicted molar refractivity (Wildman–Crippen MR) is 87.4 cm³/mol. The molecule has 0 aliphatic carbocycles. The number of benzene rings is 1. The van der Waals surface area contributed by atoms with E-state index in [1.165, 1.54) is 43.4 Å². The van der Waals surface area contributed by atoms with Crippen molar-refractivity contribution in [2.45, 2.75) is 52.1 Å². The third kappa shape index (κ3) is 4.47. The van der Waals surface area contributed by atoms with Gasteiger partial charge in [0, 0.05) is 24.2 Å². The second-order valence-electron chi connectivity index (χ2n) is 5.92. The summed E-state index contributed by atoms with van der Waals surface area (Å²) in [6, 6.07) is 7.08. The predicted octanol–water partition coefficient (Wildman–Crippen LogP) is 4.00. The number of halogens is 1. The van der Waals surface area contributed by atoms with Crippen LogP contribution in [0.5, 0.6) is 0 Å². The van der Waals surface area contributed by atoms with Crippen molar-refractivity contribution in [1.29, 1.82) is 0 Å². The monoisotopic (exact) mass is 294 g/mol. The largest absolute Gasteiger partial charge is 0.315 e. The molecule has 3 heteroatoms. The highest BCUT2D eigenvalue weighted by atomic mass is 35.5. The molecule has 1 unspecified atom stereocenters. The van der Waals surface area contributed by atoms with Gasteiger partial charge >= 0.3 is 0 Å². The third-order valence-electron chi connectivity index (χ3n) is 4.14. The quantitative estimate of drug-likeness (QED) is 0.798. The van der Waals surface area contributed by atoms with Crippen molar-refractivity contribution in [2.24, 2.45) is 0 Å². The van der Waals surface area contributed by atoms with Gasteiger partial charge in [-0.1, -0.05) is 37.1 Å². The summed E-state index contributed by atoms with van der Waals surface area (Å²) < 4.78 is 0. The Hall–Kier alpha value is -0.570. The second-order valence-corrected chi connectivity index (χ2v) is 6.33. The Morgan fingerprint density at radius 3 is 2.95 bits per heavy atom. The molecule has 2 nitrogen and oxygen atoms in total. The lowest BCUT2D eigenvalue weighted by molar-refractivity contribution is 0.137. The van der Waals surface area contributed by atoms with Gasteiger partial charge in [-0.15, -0.1) is 0 Å². The van der Waals surface area contributed by atoms with Gasteiger partial charge < -0.3 is 5.32 Å². The average molecular weight is 295 g/mol. The molecule has 1 N–H and O–H groups in total. The van der Waals surface area contributed by atoms with Crippen LogP contribution >= 0.6 is 11.6 Å². The first-order valence-corrected chi connectivity index (χ1v) is 8.28. The van der Waals surface area contributed by atoms with Crippen LogP contribution in [0.4, 0.5) is 0 Å². The Labute approximate surface area is 128 Å². The molecule has 1 aliphatic rings. The van der Waals surface area contributed by atoms with Crippen molar-refractivity contribution >= 4 is 11.6 Å². The number of nitrogens with zero attached hydrogens (tertiary/aromatic N) is 1. The van der Waals surface area contributed by atoms with E-state index in [1.54, 1.807) is 0 Å². The molecule has 1 aromatic carbocycles. The lowest BCUT2D eigenvalue weighted by atomic mass is 10.0. The first-order chi connectivity index (χ1) is 9.70. The Balaban J connectivity index is 1.97. The first kappa shape index (κ1) is 15.8. The van der Waals surface area contributed by atoms with Gasteiger partial charge in [-0.25, -0.2) is 0 Å². The molecule has 0 bridgehead atoms. The van der Waals surface area contributed by atoms with Gasteiger partial charge in [-0.3, -0.25) is 4.90 Å². The Morgan fingerprint density at radius 2 is 2.20 bits per heavy atom. The number of likely N-dealkylation sites (tertiary alicyclic amines) is 1. The molecular formula is C17H27ClN2. The number of hydrogen-bond acceptors (Lipinski definition) is 2. The molecule has 1 fully saturated rings. The normalized spacial score (nSPS) is 20.2. The SMILES string of the molecule is CCCNCC1CCCCN1Cc1ccc(C)cc1Cl. The van der Waals surface area contributed by atoms with Crippen molar-refractivity contribution in [3.8, 4) is 0 Å². The van der Waals surface area contributed by atoms with Gasteiger partial charge in [0.1, 0.15) is 0 Å². The third-order valence-corrected chi connectivity index (χ3v) is 4.49. The topological polar surface area (TPSA) is 15.3 Å². The maximum absolute atomic E-state index is 6.38. The van der Waals surface area contributed by atoms with E-state index in [0.717, 1.165) is 24.7 Å². The minimum atomic E-state index is 0.660. The molecule has 0 amide bonds. The van der Waals surface area contributed by atoms with Crippen LogP contribution in [0.1, 0.15) is 43.7 Å². The molecule has 0 saturated carbocycles. The van der Waals surface area contributed by atoms with Crippen molar-refractivity contribution in [3.05, 3.63) is 34.3 Å². The summed E-state index contributed by atoms with van der Waals surface area (Å²) in [6.45, 7) is 8.72. The smallest absolute Gasteiger partial charge is 0.0453 e. The van der Waals surface area contributed by atoms with E-state index in [1.807, 2.05) is 0 Å². The molecule has 1 aliphatic heterocycles. The molecule has 1 atom stereocenters. The van der Waals surface area contributed by atoms with E-state index in [4.69, 9.17) is 11.6 Å². The highest BCUT2D eigenvalue weighted by molar-refractivity contribution is 6.31. The molecule has 0 radical (unpaired) electrons. The molecular weight excluding hydrogens is 268 g/mol. The van der Waals surface area contributed by atoms with E-state index >= 15 is 0 Å². The van der Waals surface area contributed by atoms with Crippen LogP contribution in [0, 0.1) is 6.92 Å². The molecule has 1 aromatic rings. The van der Waals surface area contributed by atoms with Crippen LogP contribution in [0.2, 0.25) is 5.02 Å². The van der Waals surface area contributed by atoms with Gasteiger partial charge in [0.05, 0.1) is 0 Å². The van der Waals surface area contributed by atoms with Crippen molar-refractivity contribution in [1.82, 2.24) is 10.2 Å². The van der Waals surface area contributed by atoms with Crippen LogP contribution in [0.25, 0.3) is 0 Å². The number of nitrogens with one attached hydrogen (secondary N) is 1. The lowest BCUT2D eigenvalue weighted by Gasteiger charge is -2.36. The summed E-state index contributed by atoms with van der Waals surface area (Å²) in [5, 5.41) is 4.48. The lowest BCUT2D eigenvalue weighted by Crippen LogP contribution is -2.45. The van der Waals surface area contributed by atoms with E-state index < -0.39 is 0 Å². The molecule has 1 saturated heterocycles. The van der Waals surface area contributed by atoms with Crippen molar-refractivity contribution < 1.29 is 0 Å². The summed E-state index contributed by atoms with van der Waals surface area (Å²) in [6.07, 6.45) is 5.18. The molecule has 0 aromatic heterocycles. The van der Waals surface area contributed by atoms with Crippen molar-refractivity contribution in [2.75, 3.05) is 19.6 Å². The van der Waals surface area contributed by atoms with Crippen LogP contribution in [0.3, 0.4) is 0 Å². The summed E-state index contributed by atoms with van der Waals surface area (Å²) >= 11 is 6.38. The van der Waals surface area contributed by atoms with E-state index in [9.17, 15) is 0 Å². The number of rotatable bonds is 6. The highest BCUT2D eigenvalue weighted by Crippen LogP contribution is 2.24. The van der Waals surface area contributed by atoms with Gasteiger partial charge in [-0.05, 0) is 56.5 Å². The number of hydrogen-bond donors (Lipinski definition) is 1. The van der Waals surface area contributed by atoms with Crippen LogP contribution in [0.15, 0.2) is 18.2 Å². The summed E-state index contributed by atoms with van der Waals surface area (Å²) in [5.74, 6) is 0. The average Bonchev–Trinajstić information content (AvgIpc) is 2.44. The summed E-state index contributed by atoms with van der Waals surface area (Å²) in [4.78, 5) is 2.60. The second kappa shape index (κ2) is 8.02. The minimum Gasteiger partial charge on any atom is -0.315 e. The number of piperidine rings is 1. The van der Waals surface area contributed by atoms with Crippen LogP contribution in [-0.4, -0.2) is 30.6 Å². The Bertz CT molecular complexity index is 419. The standard InChI is InChI=1S/C17H27ClN2/c1-3-9-19-12-16-6-4-5-10-20(16)13-15-8-7-14(2)11-17(15)18/h7-8,11,16,19H,3-6,9-10,12-13H2,1-2H3. The first-order valence-electron chi connectivity index (χ1n) is 7.90. The van der Waals surface area contributed by atoms with Crippen LogP contribution in [-0.2, 0) is 6.54 Å². The van der Waals surface area contributed by atoms with Crippen LogP contribution < -0.4 is 5.32 Å². The Morgan fingerprint density at radius 1 is 1.35 bits per heavy atom.